The number of nitrogens with one attached hydrogen (secondary N) is 1. The van der Waals surface area contributed by atoms with Gasteiger partial charge in [-0.1, -0.05) is 6.08 Å². The van der Waals surface area contributed by atoms with Crippen LogP contribution in [0.2, 0.25) is 0 Å². The number of hydrogen-bond acceptors (Lipinski definition) is 4. The van der Waals surface area contributed by atoms with Gasteiger partial charge < -0.3 is 4.98 Å². The topological polar surface area (TPSA) is 61.5 Å². The first-order valence-electron chi connectivity index (χ1n) is 8.07. The van der Waals surface area contributed by atoms with Gasteiger partial charge in [-0.2, -0.15) is 0 Å². The van der Waals surface area contributed by atoms with Crippen molar-refractivity contribution in [1.29, 1.82) is 0 Å². The Morgan fingerprint density at radius 1 is 1.48 bits per heavy atom. The van der Waals surface area contributed by atoms with Crippen LogP contribution >= 0.6 is 0 Å². The highest BCUT2D eigenvalue weighted by molar-refractivity contribution is 5.90. The van der Waals surface area contributed by atoms with Crippen molar-refractivity contribution in [1.82, 2.24) is 19.9 Å². The van der Waals surface area contributed by atoms with Crippen molar-refractivity contribution in [3.05, 3.63) is 36.2 Å². The number of hydrogen-bond donors (Lipinski definition) is 1. The van der Waals surface area contributed by atoms with E-state index in [-0.39, 0.29) is 11.9 Å². The molecule has 4 rings (SSSR count). The standard InChI is InChI=1S/C17H20N4O2/c1-2-21-17(22)15(11-23-21)20-8-5-12(6-9-20)14-10-19-16-13(14)4-3-7-18-16/h3-5,7,10,15H,2,6,8-9,11H2,1H3,(H,18,19)/t15-/m0/s1. The van der Waals surface area contributed by atoms with Crippen LogP contribution in [0.1, 0.15) is 18.9 Å². The lowest BCUT2D eigenvalue weighted by Gasteiger charge is -2.29. The Morgan fingerprint density at radius 3 is 3.13 bits per heavy atom. The zero-order chi connectivity index (χ0) is 15.8. The largest absolute Gasteiger partial charge is 0.346 e. The number of amides is 1. The van der Waals surface area contributed by atoms with E-state index in [0.717, 1.165) is 30.5 Å². The molecule has 0 aromatic carbocycles. The Balaban J connectivity index is 1.52. The molecular weight excluding hydrogens is 292 g/mol. The normalized spacial score (nSPS) is 22.8. The third kappa shape index (κ3) is 2.44. The van der Waals surface area contributed by atoms with Gasteiger partial charge in [0, 0.05) is 43.0 Å². The van der Waals surface area contributed by atoms with Gasteiger partial charge in [0.1, 0.15) is 11.7 Å². The summed E-state index contributed by atoms with van der Waals surface area (Å²) >= 11 is 0. The molecule has 0 radical (unpaired) electrons. The third-order valence-corrected chi connectivity index (χ3v) is 4.68. The highest BCUT2D eigenvalue weighted by Crippen LogP contribution is 2.29. The molecular formula is C17H20N4O2. The van der Waals surface area contributed by atoms with Crippen molar-refractivity contribution in [2.24, 2.45) is 0 Å². The lowest BCUT2D eigenvalue weighted by Crippen LogP contribution is -2.44. The third-order valence-electron chi connectivity index (χ3n) is 4.68. The van der Waals surface area contributed by atoms with Gasteiger partial charge in [-0.3, -0.25) is 14.5 Å². The fraction of sp³-hybridized carbons (Fsp3) is 0.412. The number of aromatic amines is 1. The van der Waals surface area contributed by atoms with Gasteiger partial charge in [-0.25, -0.2) is 10.0 Å². The van der Waals surface area contributed by atoms with Crippen LogP contribution in [0.5, 0.6) is 0 Å². The van der Waals surface area contributed by atoms with Gasteiger partial charge in [-0.05, 0) is 31.1 Å². The Bertz CT molecular complexity index is 767. The van der Waals surface area contributed by atoms with Crippen molar-refractivity contribution in [2.45, 2.75) is 19.4 Å². The van der Waals surface area contributed by atoms with Crippen molar-refractivity contribution < 1.29 is 9.63 Å². The second kappa shape index (κ2) is 5.79. The van der Waals surface area contributed by atoms with Gasteiger partial charge >= 0.3 is 0 Å². The van der Waals surface area contributed by atoms with Crippen LogP contribution in [0.3, 0.4) is 0 Å². The molecule has 6 nitrogen and oxygen atoms in total. The van der Waals surface area contributed by atoms with Crippen molar-refractivity contribution >= 4 is 22.5 Å². The predicted molar refractivity (Wildman–Crippen MR) is 87.4 cm³/mol. The van der Waals surface area contributed by atoms with E-state index in [9.17, 15) is 4.79 Å². The number of carbonyl (C=O) groups is 1. The van der Waals surface area contributed by atoms with E-state index >= 15 is 0 Å². The number of likely N-dealkylation sites (N-methyl/N-ethyl adjacent to an activating group) is 1. The smallest absolute Gasteiger partial charge is 0.265 e. The number of rotatable bonds is 3. The molecule has 1 atom stereocenters. The summed E-state index contributed by atoms with van der Waals surface area (Å²) in [6, 6.07) is 3.91. The molecule has 1 fully saturated rings. The lowest BCUT2D eigenvalue weighted by atomic mass is 9.99. The van der Waals surface area contributed by atoms with Gasteiger partial charge in [0.25, 0.3) is 5.91 Å². The number of H-pyrrole nitrogens is 1. The summed E-state index contributed by atoms with van der Waals surface area (Å²) in [6.07, 6.45) is 6.98. The van der Waals surface area contributed by atoms with Crippen LogP contribution in [0, 0.1) is 0 Å². The highest BCUT2D eigenvalue weighted by Gasteiger charge is 2.37. The second-order valence-electron chi connectivity index (χ2n) is 5.92. The molecule has 2 aliphatic rings. The molecule has 23 heavy (non-hydrogen) atoms. The van der Waals surface area contributed by atoms with E-state index in [1.54, 1.807) is 6.20 Å². The summed E-state index contributed by atoms with van der Waals surface area (Å²) < 4.78 is 0. The Kier molecular flexibility index (Phi) is 3.63. The van der Waals surface area contributed by atoms with E-state index in [1.165, 1.54) is 16.2 Å². The number of carbonyl (C=O) groups excluding carboxylic acids is 1. The maximum Gasteiger partial charge on any atom is 0.265 e. The Morgan fingerprint density at radius 2 is 2.39 bits per heavy atom. The summed E-state index contributed by atoms with van der Waals surface area (Å²) in [7, 11) is 0. The van der Waals surface area contributed by atoms with E-state index < -0.39 is 0 Å². The van der Waals surface area contributed by atoms with Crippen molar-refractivity contribution in [2.75, 3.05) is 26.2 Å². The van der Waals surface area contributed by atoms with Gasteiger partial charge in [-0.15, -0.1) is 0 Å². The molecule has 2 aromatic rings. The maximum atomic E-state index is 12.2. The zero-order valence-corrected chi connectivity index (χ0v) is 13.2. The molecule has 1 N–H and O–H groups in total. The first kappa shape index (κ1) is 14.4. The average molecular weight is 312 g/mol. The van der Waals surface area contributed by atoms with Crippen molar-refractivity contribution in [3.63, 3.8) is 0 Å². The molecule has 2 aliphatic heterocycles. The van der Waals surface area contributed by atoms with E-state index in [1.807, 2.05) is 19.2 Å². The van der Waals surface area contributed by atoms with E-state index in [4.69, 9.17) is 4.84 Å². The van der Waals surface area contributed by atoms with Crippen LogP contribution in [0.4, 0.5) is 0 Å². The first-order chi connectivity index (χ1) is 11.3. The van der Waals surface area contributed by atoms with Gasteiger partial charge in [0.05, 0.1) is 6.61 Å². The summed E-state index contributed by atoms with van der Waals surface area (Å²) in [6.45, 7) is 4.65. The molecule has 1 saturated heterocycles. The maximum absolute atomic E-state index is 12.2. The molecule has 0 saturated carbocycles. The number of fused-ring (bicyclic) bond motifs is 1. The number of nitrogens with zero attached hydrogens (tertiary/aromatic N) is 3. The minimum absolute atomic E-state index is 0.0839. The van der Waals surface area contributed by atoms with Crippen molar-refractivity contribution in [3.8, 4) is 0 Å². The zero-order valence-electron chi connectivity index (χ0n) is 13.2. The molecule has 2 aromatic heterocycles. The molecule has 120 valence electrons. The van der Waals surface area contributed by atoms with E-state index in [2.05, 4.69) is 27.0 Å². The summed E-state index contributed by atoms with van der Waals surface area (Å²) in [4.78, 5) is 27.5. The SMILES string of the molecule is CCN1OC[C@H](N2CC=C(c3c[nH]c4ncccc34)CC2)C1=O. The van der Waals surface area contributed by atoms with Gasteiger partial charge in [0.2, 0.25) is 0 Å². The second-order valence-corrected chi connectivity index (χ2v) is 5.92. The fourth-order valence-electron chi connectivity index (χ4n) is 3.40. The van der Waals surface area contributed by atoms with Gasteiger partial charge in [0.15, 0.2) is 0 Å². The molecule has 0 spiro atoms. The minimum Gasteiger partial charge on any atom is -0.346 e. The Hall–Kier alpha value is -2.18. The molecule has 6 heteroatoms. The summed E-state index contributed by atoms with van der Waals surface area (Å²) in [5, 5.41) is 2.62. The van der Waals surface area contributed by atoms with Crippen LogP contribution in [0.15, 0.2) is 30.6 Å². The number of aromatic nitrogens is 2. The number of hydroxylamine groups is 2. The van der Waals surface area contributed by atoms with Crippen LogP contribution in [-0.2, 0) is 9.63 Å². The number of pyridine rings is 1. The molecule has 0 aliphatic carbocycles. The average Bonchev–Trinajstić information content (AvgIpc) is 3.18. The van der Waals surface area contributed by atoms with Crippen LogP contribution < -0.4 is 0 Å². The van der Waals surface area contributed by atoms with Crippen LogP contribution in [-0.4, -0.2) is 58.1 Å². The lowest BCUT2D eigenvalue weighted by molar-refractivity contribution is -0.160. The molecule has 1 amide bonds. The fourth-order valence-corrected chi connectivity index (χ4v) is 3.40. The van der Waals surface area contributed by atoms with E-state index in [0.29, 0.717) is 13.2 Å². The molecule has 4 heterocycles. The summed E-state index contributed by atoms with van der Waals surface area (Å²) in [5.74, 6) is 0.0839. The predicted octanol–water partition coefficient (Wildman–Crippen LogP) is 1.81. The summed E-state index contributed by atoms with van der Waals surface area (Å²) in [5.41, 5.74) is 3.46. The van der Waals surface area contributed by atoms with Crippen LogP contribution in [0.25, 0.3) is 16.6 Å². The minimum atomic E-state index is -0.141. The first-order valence-corrected chi connectivity index (χ1v) is 8.07. The monoisotopic (exact) mass is 312 g/mol. The quantitative estimate of drug-likeness (QED) is 0.939. The molecule has 0 unspecified atom stereocenters. The highest BCUT2D eigenvalue weighted by atomic mass is 16.7. The molecule has 0 bridgehead atoms. The Labute approximate surface area is 134 Å².